The van der Waals surface area contributed by atoms with Crippen molar-refractivity contribution in [1.29, 1.82) is 0 Å². The molecule has 172 valence electrons. The van der Waals surface area contributed by atoms with Gasteiger partial charge in [0, 0.05) is 19.4 Å². The molecule has 0 saturated carbocycles. The molecule has 2 aromatic rings. The lowest BCUT2D eigenvalue weighted by atomic mass is 10.1. The Bertz CT molecular complexity index is 944. The maximum atomic E-state index is 14.7. The molecule has 0 radical (unpaired) electrons. The van der Waals surface area contributed by atoms with Gasteiger partial charge in [0.25, 0.3) is 5.92 Å². The Morgan fingerprint density at radius 3 is 2.81 bits per heavy atom. The molecule has 10 nitrogen and oxygen atoms in total. The van der Waals surface area contributed by atoms with Gasteiger partial charge in [0.15, 0.2) is 28.2 Å². The summed E-state index contributed by atoms with van der Waals surface area (Å²) in [6.07, 6.45) is -2.23. The fourth-order valence-electron chi connectivity index (χ4n) is 3.58. The van der Waals surface area contributed by atoms with Crippen LogP contribution in [-0.2, 0) is 9.26 Å². The fourth-order valence-corrected chi connectivity index (χ4v) is 5.27. The van der Waals surface area contributed by atoms with Gasteiger partial charge in [0.2, 0.25) is 5.28 Å². The quantitative estimate of drug-likeness (QED) is 0.488. The number of rotatable bonds is 7. The second-order valence-electron chi connectivity index (χ2n) is 7.24. The normalized spacial score (nSPS) is 27.0. The van der Waals surface area contributed by atoms with Gasteiger partial charge in [-0.05, 0) is 11.6 Å². The van der Waals surface area contributed by atoms with E-state index in [2.05, 4.69) is 15.1 Å². The zero-order valence-electron chi connectivity index (χ0n) is 15.9. The third kappa shape index (κ3) is 5.20. The van der Waals surface area contributed by atoms with Crippen molar-refractivity contribution < 1.29 is 37.1 Å². The molecule has 0 bridgehead atoms. The van der Waals surface area contributed by atoms with Crippen LogP contribution in [0.2, 0.25) is 5.28 Å². The van der Waals surface area contributed by atoms with Crippen molar-refractivity contribution in [2.45, 2.75) is 37.1 Å². The number of alkyl halides is 3. The molecule has 0 spiro atoms. The van der Waals surface area contributed by atoms with E-state index in [1.807, 2.05) is 0 Å². The Kier molecular flexibility index (Phi) is 6.86. The van der Waals surface area contributed by atoms with Gasteiger partial charge in [-0.25, -0.2) is 22.7 Å². The number of ether oxygens (including phenoxy) is 1. The predicted molar refractivity (Wildman–Crippen MR) is 106 cm³/mol. The highest BCUT2D eigenvalue weighted by Crippen LogP contribution is 2.45. The maximum absolute atomic E-state index is 14.7. The molecule has 2 aliphatic heterocycles. The number of halogens is 4. The number of nitrogens with zero attached hydrogens (tertiary/aromatic N) is 5. The van der Waals surface area contributed by atoms with E-state index in [0.29, 0.717) is 0 Å². The first-order valence-electron chi connectivity index (χ1n) is 9.21. The minimum Gasteiger partial charge on any atom is -0.363 e. The van der Waals surface area contributed by atoms with Crippen LogP contribution in [0.5, 0.6) is 0 Å². The molecule has 2 unspecified atom stereocenters. The number of fused-ring (bicyclic) bond motifs is 1. The van der Waals surface area contributed by atoms with Gasteiger partial charge in [-0.3, -0.25) is 0 Å². The van der Waals surface area contributed by atoms with Crippen molar-refractivity contribution in [2.75, 3.05) is 30.5 Å². The first-order chi connectivity index (χ1) is 14.6. The monoisotopic (exact) mass is 503 g/mol. The van der Waals surface area contributed by atoms with Crippen molar-refractivity contribution in [2.24, 2.45) is 0 Å². The third-order valence-corrected chi connectivity index (χ3v) is 7.51. The highest BCUT2D eigenvalue weighted by molar-refractivity contribution is 7.63. The van der Waals surface area contributed by atoms with Gasteiger partial charge >= 0.3 is 0 Å². The van der Waals surface area contributed by atoms with E-state index in [9.17, 15) is 18.1 Å². The second kappa shape index (κ2) is 9.15. The van der Waals surface area contributed by atoms with Crippen LogP contribution in [0.25, 0.3) is 5.65 Å². The molecule has 2 fully saturated rings. The van der Waals surface area contributed by atoms with Crippen LogP contribution in [0.3, 0.4) is 0 Å². The van der Waals surface area contributed by atoms with Gasteiger partial charge in [-0.2, -0.15) is 4.98 Å². The van der Waals surface area contributed by atoms with E-state index < -0.39 is 47.6 Å². The summed E-state index contributed by atoms with van der Waals surface area (Å²) in [6.45, 7) is -0.600. The van der Waals surface area contributed by atoms with Crippen molar-refractivity contribution in [3.8, 4) is 0 Å². The molecule has 4 atom stereocenters. The van der Waals surface area contributed by atoms with E-state index in [1.54, 1.807) is 0 Å². The Balaban J connectivity index is 1.52. The predicted octanol–water partition coefficient (Wildman–Crippen LogP) is 2.37. The smallest absolute Gasteiger partial charge is 0.266 e. The molecule has 4 rings (SSSR count). The van der Waals surface area contributed by atoms with Crippen molar-refractivity contribution in [1.82, 2.24) is 19.6 Å². The molecule has 0 aliphatic carbocycles. The standard InChI is InChI=1S/C15H19ClF3N5O5P2/c16-14-21-13(23-2-1-15(18,19)6-23)12-20-4-10(24(12)22-14)11-9(17)3-8(29-11)5-28-31(27)7-30(25)26/h4,8-9,11,25-27H,1-3,5-7H2/t8?,9-,11+,31?/m0/s1. The van der Waals surface area contributed by atoms with Gasteiger partial charge in [-0.15, -0.1) is 5.10 Å². The minimum absolute atomic E-state index is 0.0297. The van der Waals surface area contributed by atoms with Gasteiger partial charge in [0.05, 0.1) is 37.0 Å². The number of hydrogen-bond donors (Lipinski definition) is 3. The zero-order chi connectivity index (χ0) is 22.3. The number of aromatic nitrogens is 4. The Morgan fingerprint density at radius 1 is 1.35 bits per heavy atom. The van der Waals surface area contributed by atoms with Crippen LogP contribution in [0.15, 0.2) is 6.20 Å². The summed E-state index contributed by atoms with van der Waals surface area (Å²) in [5.41, 5.74) is 0.396. The Labute approximate surface area is 181 Å². The van der Waals surface area contributed by atoms with Gasteiger partial charge in [-0.1, -0.05) is 0 Å². The summed E-state index contributed by atoms with van der Waals surface area (Å²) in [5.74, 6) is -3.01. The van der Waals surface area contributed by atoms with E-state index in [-0.39, 0.29) is 54.3 Å². The number of imidazole rings is 1. The van der Waals surface area contributed by atoms with Crippen LogP contribution < -0.4 is 4.90 Å². The third-order valence-electron chi connectivity index (χ3n) is 4.92. The number of hydrogen-bond acceptors (Lipinski definition) is 9. The summed E-state index contributed by atoms with van der Waals surface area (Å²) in [4.78, 5) is 37.0. The van der Waals surface area contributed by atoms with E-state index >= 15 is 0 Å². The molecule has 2 aliphatic rings. The topological polar surface area (TPSA) is 125 Å². The molecule has 4 heterocycles. The lowest BCUT2D eigenvalue weighted by Crippen LogP contribution is -2.26. The zero-order valence-corrected chi connectivity index (χ0v) is 18.4. The largest absolute Gasteiger partial charge is 0.363 e. The summed E-state index contributed by atoms with van der Waals surface area (Å²) in [7, 11) is -4.35. The number of anilines is 1. The van der Waals surface area contributed by atoms with Crippen LogP contribution in [0, 0.1) is 0 Å². The van der Waals surface area contributed by atoms with E-state index in [1.165, 1.54) is 15.6 Å². The molecular weight excluding hydrogens is 485 g/mol. The SMILES string of the molecule is OP(O)CP(O)OCC1C[C@H](F)[C@H](c2cnc3c(N4CCC(F)(F)C4)nc(Cl)nn23)O1. The second-order valence-corrected chi connectivity index (χ2v) is 10.4. The Hall–Kier alpha value is -0.910. The summed E-state index contributed by atoms with van der Waals surface area (Å²) in [6, 6.07) is 0. The van der Waals surface area contributed by atoms with E-state index in [4.69, 9.17) is 30.6 Å². The lowest BCUT2D eigenvalue weighted by Gasteiger charge is -2.18. The highest BCUT2D eigenvalue weighted by Gasteiger charge is 2.42. The molecular formula is C15H19ClF3N5O5P2. The molecule has 16 heteroatoms. The maximum Gasteiger partial charge on any atom is 0.266 e. The molecule has 31 heavy (non-hydrogen) atoms. The van der Waals surface area contributed by atoms with Gasteiger partial charge in [0.1, 0.15) is 12.3 Å². The van der Waals surface area contributed by atoms with E-state index in [0.717, 1.165) is 0 Å². The molecule has 2 aromatic heterocycles. The first-order valence-corrected chi connectivity index (χ1v) is 12.4. The Morgan fingerprint density at radius 2 is 2.13 bits per heavy atom. The van der Waals surface area contributed by atoms with Crippen LogP contribution in [0.4, 0.5) is 19.0 Å². The summed E-state index contributed by atoms with van der Waals surface area (Å²) < 4.78 is 54.1. The molecule has 3 N–H and O–H groups in total. The van der Waals surface area contributed by atoms with Crippen molar-refractivity contribution >= 4 is 39.8 Å². The van der Waals surface area contributed by atoms with Crippen LogP contribution >= 0.6 is 28.4 Å². The summed E-state index contributed by atoms with van der Waals surface area (Å²) in [5, 5.41) is 3.83. The first kappa shape index (κ1) is 23.3. The molecule has 2 saturated heterocycles. The van der Waals surface area contributed by atoms with Crippen LogP contribution in [0.1, 0.15) is 24.6 Å². The van der Waals surface area contributed by atoms with Crippen molar-refractivity contribution in [3.63, 3.8) is 0 Å². The highest BCUT2D eigenvalue weighted by atomic mass is 35.5. The molecule has 0 aromatic carbocycles. The average molecular weight is 504 g/mol. The lowest BCUT2D eigenvalue weighted by molar-refractivity contribution is 0.00345. The van der Waals surface area contributed by atoms with Crippen molar-refractivity contribution in [3.05, 3.63) is 17.2 Å². The fraction of sp³-hybridized carbons (Fsp3) is 0.667. The van der Waals surface area contributed by atoms with Gasteiger partial charge < -0.3 is 28.8 Å². The average Bonchev–Trinajstić information content (AvgIpc) is 3.35. The minimum atomic E-state index is -2.85. The molecule has 0 amide bonds. The van der Waals surface area contributed by atoms with Crippen LogP contribution in [-0.4, -0.2) is 78.1 Å². The summed E-state index contributed by atoms with van der Waals surface area (Å²) >= 11 is 6.00.